The fraction of sp³-hybridized carbons (Fsp3) is 0.600. The van der Waals surface area contributed by atoms with Gasteiger partial charge in [-0.25, -0.2) is 16.8 Å². The summed E-state index contributed by atoms with van der Waals surface area (Å²) in [7, 11) is -5.50. The van der Waals surface area contributed by atoms with E-state index in [1.165, 1.54) is 15.7 Å². The van der Waals surface area contributed by atoms with Gasteiger partial charge < -0.3 is 4.74 Å². The third-order valence-electron chi connectivity index (χ3n) is 4.90. The Morgan fingerprint density at radius 3 is 2.67 bits per heavy atom. The summed E-state index contributed by atoms with van der Waals surface area (Å²) in [6.07, 6.45) is 0.451. The fourth-order valence-electron chi connectivity index (χ4n) is 3.67. The maximum Gasteiger partial charge on any atom is 0.244 e. The van der Waals surface area contributed by atoms with E-state index in [-0.39, 0.29) is 30.3 Å². The summed E-state index contributed by atoms with van der Waals surface area (Å²) in [5, 5.41) is 0. The van der Waals surface area contributed by atoms with Crippen LogP contribution in [0.1, 0.15) is 18.9 Å². The molecule has 2 aliphatic heterocycles. The lowest BCUT2D eigenvalue weighted by Gasteiger charge is -2.33. The molecule has 0 aromatic heterocycles. The molecule has 0 radical (unpaired) electrons. The quantitative estimate of drug-likeness (QED) is 0.753. The van der Waals surface area contributed by atoms with Crippen molar-refractivity contribution in [2.75, 3.05) is 39.1 Å². The molecule has 0 bridgehead atoms. The summed E-state index contributed by atoms with van der Waals surface area (Å²) in [5.41, 5.74) is -0.147. The second kappa shape index (κ2) is 6.06. The van der Waals surface area contributed by atoms with E-state index in [1.54, 1.807) is 31.2 Å². The summed E-state index contributed by atoms with van der Waals surface area (Å²) >= 11 is 0. The third-order valence-corrected chi connectivity index (χ3v) is 8.76. The van der Waals surface area contributed by atoms with E-state index in [0.29, 0.717) is 18.5 Å². The predicted octanol–water partition coefficient (Wildman–Crippen LogP) is 0.588. The van der Waals surface area contributed by atoms with Crippen LogP contribution >= 0.6 is 0 Å². The molecule has 2 heterocycles. The van der Waals surface area contributed by atoms with Crippen LogP contribution in [0, 0.1) is 0 Å². The molecule has 1 saturated heterocycles. The van der Waals surface area contributed by atoms with Crippen molar-refractivity contribution in [3.8, 4) is 0 Å². The highest BCUT2D eigenvalue weighted by Gasteiger charge is 2.57. The minimum Gasteiger partial charge on any atom is -0.383 e. The maximum atomic E-state index is 13.0. The second-order valence-electron chi connectivity index (χ2n) is 6.08. The van der Waals surface area contributed by atoms with Crippen LogP contribution in [0.15, 0.2) is 29.2 Å². The molecule has 134 valence electrons. The zero-order valence-corrected chi connectivity index (χ0v) is 15.4. The van der Waals surface area contributed by atoms with Crippen LogP contribution in [0.4, 0.5) is 0 Å². The molecule has 1 fully saturated rings. The highest BCUT2D eigenvalue weighted by atomic mass is 32.2. The zero-order chi connectivity index (χ0) is 17.6. The van der Waals surface area contributed by atoms with Crippen molar-refractivity contribution in [3.05, 3.63) is 29.8 Å². The Bertz CT molecular complexity index is 837. The summed E-state index contributed by atoms with van der Waals surface area (Å²) in [6, 6.07) is 6.88. The van der Waals surface area contributed by atoms with Crippen molar-refractivity contribution < 1.29 is 21.6 Å². The number of sulfonamides is 2. The van der Waals surface area contributed by atoms with Gasteiger partial charge in [-0.1, -0.05) is 18.2 Å². The van der Waals surface area contributed by atoms with Gasteiger partial charge in [0, 0.05) is 26.7 Å². The number of nitrogens with zero attached hydrogens (tertiary/aromatic N) is 2. The predicted molar refractivity (Wildman–Crippen MR) is 89.5 cm³/mol. The normalized spacial score (nSPS) is 26.9. The van der Waals surface area contributed by atoms with E-state index in [1.807, 2.05) is 0 Å². The van der Waals surface area contributed by atoms with Crippen molar-refractivity contribution in [2.45, 2.75) is 23.8 Å². The lowest BCUT2D eigenvalue weighted by molar-refractivity contribution is 0.135. The van der Waals surface area contributed by atoms with Crippen LogP contribution in [-0.4, -0.2) is 64.5 Å². The Morgan fingerprint density at radius 1 is 1.29 bits per heavy atom. The molecular formula is C15H22N2O5S2. The van der Waals surface area contributed by atoms with Crippen LogP contribution in [-0.2, 0) is 30.3 Å². The number of methoxy groups -OCH3 is 1. The number of hydrogen-bond acceptors (Lipinski definition) is 5. The van der Waals surface area contributed by atoms with Gasteiger partial charge in [-0.15, -0.1) is 0 Å². The highest BCUT2D eigenvalue weighted by Crippen LogP contribution is 2.49. The standard InChI is InChI=1S/C15H22N2O5S2/c1-3-23(18,19)16-9-8-15(12-16)13-6-4-5-7-14(13)24(20,21)17(15)10-11-22-2/h4-7H,3,8-12H2,1-2H3/t15-/m1/s1. The Kier molecular flexibility index (Phi) is 4.50. The molecule has 24 heavy (non-hydrogen) atoms. The van der Waals surface area contributed by atoms with Gasteiger partial charge in [0.15, 0.2) is 0 Å². The van der Waals surface area contributed by atoms with E-state index in [2.05, 4.69) is 0 Å². The minimum atomic E-state index is -3.65. The average molecular weight is 374 g/mol. The van der Waals surface area contributed by atoms with Gasteiger partial charge in [-0.3, -0.25) is 0 Å². The number of fused-ring (bicyclic) bond motifs is 2. The largest absolute Gasteiger partial charge is 0.383 e. The van der Waals surface area contributed by atoms with Crippen molar-refractivity contribution in [3.63, 3.8) is 0 Å². The Labute approximate surface area is 143 Å². The van der Waals surface area contributed by atoms with Gasteiger partial charge in [0.1, 0.15) is 0 Å². The molecule has 0 unspecified atom stereocenters. The Morgan fingerprint density at radius 2 is 2.00 bits per heavy atom. The van der Waals surface area contributed by atoms with Crippen molar-refractivity contribution in [1.82, 2.24) is 8.61 Å². The van der Waals surface area contributed by atoms with Gasteiger partial charge in [0.25, 0.3) is 0 Å². The molecular weight excluding hydrogens is 352 g/mol. The minimum absolute atomic E-state index is 0.00947. The highest BCUT2D eigenvalue weighted by molar-refractivity contribution is 7.89. The smallest absolute Gasteiger partial charge is 0.244 e. The van der Waals surface area contributed by atoms with Crippen LogP contribution in [0.2, 0.25) is 0 Å². The van der Waals surface area contributed by atoms with Crippen LogP contribution in [0.5, 0.6) is 0 Å². The van der Waals surface area contributed by atoms with Crippen LogP contribution in [0.3, 0.4) is 0 Å². The van der Waals surface area contributed by atoms with Gasteiger partial charge in [0.05, 0.1) is 22.8 Å². The Hall–Kier alpha value is -1.00. The van der Waals surface area contributed by atoms with Crippen molar-refractivity contribution >= 4 is 20.0 Å². The van der Waals surface area contributed by atoms with Crippen molar-refractivity contribution in [1.29, 1.82) is 0 Å². The molecule has 9 heteroatoms. The van der Waals surface area contributed by atoms with E-state index >= 15 is 0 Å². The zero-order valence-electron chi connectivity index (χ0n) is 13.8. The topological polar surface area (TPSA) is 84.0 Å². The van der Waals surface area contributed by atoms with Gasteiger partial charge in [0.2, 0.25) is 20.0 Å². The monoisotopic (exact) mass is 374 g/mol. The average Bonchev–Trinajstić information content (AvgIpc) is 3.08. The summed E-state index contributed by atoms with van der Waals surface area (Å²) < 4.78 is 58.4. The van der Waals surface area contributed by atoms with Crippen LogP contribution < -0.4 is 0 Å². The van der Waals surface area contributed by atoms with Gasteiger partial charge in [-0.05, 0) is 25.0 Å². The Balaban J connectivity index is 2.10. The second-order valence-corrected chi connectivity index (χ2v) is 10.2. The van der Waals surface area contributed by atoms with E-state index in [4.69, 9.17) is 4.74 Å². The maximum absolute atomic E-state index is 13.0. The molecule has 7 nitrogen and oxygen atoms in total. The molecule has 0 saturated carbocycles. The van der Waals surface area contributed by atoms with E-state index < -0.39 is 25.6 Å². The first-order valence-electron chi connectivity index (χ1n) is 7.89. The molecule has 1 aromatic carbocycles. The van der Waals surface area contributed by atoms with E-state index in [0.717, 1.165) is 0 Å². The first kappa shape index (κ1) is 17.8. The molecule has 1 spiro atoms. The van der Waals surface area contributed by atoms with Gasteiger partial charge in [-0.2, -0.15) is 8.61 Å². The molecule has 3 rings (SSSR count). The number of benzene rings is 1. The first-order valence-corrected chi connectivity index (χ1v) is 10.9. The molecule has 2 aliphatic rings. The lowest BCUT2D eigenvalue weighted by atomic mass is 9.89. The van der Waals surface area contributed by atoms with Gasteiger partial charge >= 0.3 is 0 Å². The van der Waals surface area contributed by atoms with Crippen molar-refractivity contribution in [2.24, 2.45) is 0 Å². The fourth-order valence-corrected chi connectivity index (χ4v) is 6.86. The summed E-state index contributed by atoms with van der Waals surface area (Å²) in [6.45, 7) is 2.54. The molecule has 1 atom stereocenters. The number of hydrogen-bond donors (Lipinski definition) is 0. The third kappa shape index (κ3) is 2.50. The molecule has 0 aliphatic carbocycles. The summed E-state index contributed by atoms with van der Waals surface area (Å²) in [5.74, 6) is 0.00947. The lowest BCUT2D eigenvalue weighted by Crippen LogP contribution is -2.47. The summed E-state index contributed by atoms with van der Waals surface area (Å²) in [4.78, 5) is 0.275. The number of rotatable bonds is 5. The molecule has 1 aromatic rings. The SMILES string of the molecule is CCS(=O)(=O)N1CC[C@@]2(C1)c1ccccc1S(=O)(=O)N2CCOC. The molecule has 0 N–H and O–H groups in total. The molecule has 0 amide bonds. The van der Waals surface area contributed by atoms with Crippen LogP contribution in [0.25, 0.3) is 0 Å². The first-order chi connectivity index (χ1) is 11.3. The van der Waals surface area contributed by atoms with E-state index in [9.17, 15) is 16.8 Å². The number of ether oxygens (including phenoxy) is 1.